The molecular formula is C11H7BrClN. The summed E-state index contributed by atoms with van der Waals surface area (Å²) in [6.07, 6.45) is 0. The summed E-state index contributed by atoms with van der Waals surface area (Å²) >= 11 is 9.14. The molecule has 0 saturated carbocycles. The van der Waals surface area contributed by atoms with Crippen LogP contribution < -0.4 is 0 Å². The number of benzene rings is 1. The highest BCUT2D eigenvalue weighted by Gasteiger charge is 1.98. The molecule has 1 aromatic heterocycles. The van der Waals surface area contributed by atoms with Crippen LogP contribution >= 0.6 is 27.5 Å². The molecule has 0 aliphatic heterocycles. The van der Waals surface area contributed by atoms with Crippen LogP contribution in [0.4, 0.5) is 0 Å². The van der Waals surface area contributed by atoms with E-state index in [0.29, 0.717) is 0 Å². The van der Waals surface area contributed by atoms with E-state index in [9.17, 15) is 0 Å². The molecule has 14 heavy (non-hydrogen) atoms. The molecule has 1 heterocycles. The highest BCUT2D eigenvalue weighted by molar-refractivity contribution is 9.10. The Morgan fingerprint density at radius 2 is 1.71 bits per heavy atom. The molecule has 3 heteroatoms. The fourth-order valence-corrected chi connectivity index (χ4v) is 1.66. The van der Waals surface area contributed by atoms with E-state index in [0.717, 1.165) is 20.9 Å². The summed E-state index contributed by atoms with van der Waals surface area (Å²) in [5.74, 6) is 0. The summed E-state index contributed by atoms with van der Waals surface area (Å²) in [5, 5.41) is 0.740. The highest BCUT2D eigenvalue weighted by Crippen LogP contribution is 2.20. The van der Waals surface area contributed by atoms with Crippen LogP contribution in [-0.4, -0.2) is 4.98 Å². The lowest BCUT2D eigenvalue weighted by atomic mass is 10.1. The largest absolute Gasteiger partial charge is 0.241 e. The fourth-order valence-electron chi connectivity index (χ4n) is 1.19. The van der Waals surface area contributed by atoms with Gasteiger partial charge in [-0.1, -0.05) is 29.8 Å². The molecule has 0 unspecified atom stereocenters. The molecule has 1 aromatic carbocycles. The Kier molecular flexibility index (Phi) is 2.85. The van der Waals surface area contributed by atoms with Crippen LogP contribution in [-0.2, 0) is 0 Å². The van der Waals surface area contributed by atoms with Gasteiger partial charge in [0, 0.05) is 10.6 Å². The van der Waals surface area contributed by atoms with Gasteiger partial charge in [0.15, 0.2) is 0 Å². The zero-order valence-electron chi connectivity index (χ0n) is 7.24. The van der Waals surface area contributed by atoms with E-state index in [4.69, 9.17) is 11.6 Å². The van der Waals surface area contributed by atoms with Crippen molar-refractivity contribution >= 4 is 27.5 Å². The van der Waals surface area contributed by atoms with Gasteiger partial charge in [0.05, 0.1) is 5.69 Å². The van der Waals surface area contributed by atoms with E-state index in [1.54, 1.807) is 0 Å². The van der Waals surface area contributed by atoms with Crippen molar-refractivity contribution in [1.29, 1.82) is 0 Å². The second-order valence-electron chi connectivity index (χ2n) is 2.85. The number of hydrogen-bond donors (Lipinski definition) is 0. The van der Waals surface area contributed by atoms with Crippen LogP contribution in [0.25, 0.3) is 11.3 Å². The van der Waals surface area contributed by atoms with E-state index < -0.39 is 0 Å². The standard InChI is InChI=1S/C11H7BrClN/c12-11-3-1-2-10(14-11)8-4-6-9(13)7-5-8/h1-7H. The Bertz CT molecular complexity index is 439. The fraction of sp³-hybridized carbons (Fsp3) is 0. The zero-order valence-corrected chi connectivity index (χ0v) is 9.59. The normalized spacial score (nSPS) is 10.1. The summed E-state index contributed by atoms with van der Waals surface area (Å²) in [6, 6.07) is 13.5. The number of hydrogen-bond acceptors (Lipinski definition) is 1. The van der Waals surface area contributed by atoms with Gasteiger partial charge >= 0.3 is 0 Å². The minimum absolute atomic E-state index is 0.740. The van der Waals surface area contributed by atoms with Crippen LogP contribution in [0.1, 0.15) is 0 Å². The number of aromatic nitrogens is 1. The molecule has 1 nitrogen and oxygen atoms in total. The van der Waals surface area contributed by atoms with Crippen molar-refractivity contribution < 1.29 is 0 Å². The van der Waals surface area contributed by atoms with E-state index in [1.165, 1.54) is 0 Å². The maximum Gasteiger partial charge on any atom is 0.106 e. The molecule has 0 radical (unpaired) electrons. The minimum Gasteiger partial charge on any atom is -0.241 e. The third-order valence-corrected chi connectivity index (χ3v) is 2.55. The second kappa shape index (κ2) is 4.11. The predicted octanol–water partition coefficient (Wildman–Crippen LogP) is 4.16. The Morgan fingerprint density at radius 3 is 2.36 bits per heavy atom. The van der Waals surface area contributed by atoms with Crippen molar-refractivity contribution in [1.82, 2.24) is 4.98 Å². The molecule has 0 atom stereocenters. The molecule has 70 valence electrons. The van der Waals surface area contributed by atoms with Crippen molar-refractivity contribution in [2.24, 2.45) is 0 Å². The van der Waals surface area contributed by atoms with Crippen molar-refractivity contribution in [3.8, 4) is 11.3 Å². The summed E-state index contributed by atoms with van der Waals surface area (Å²) < 4.78 is 0.838. The second-order valence-corrected chi connectivity index (χ2v) is 4.10. The molecule has 0 spiro atoms. The molecule has 0 saturated heterocycles. The van der Waals surface area contributed by atoms with Gasteiger partial charge < -0.3 is 0 Å². The van der Waals surface area contributed by atoms with Gasteiger partial charge in [0.2, 0.25) is 0 Å². The molecule has 0 bridgehead atoms. The quantitative estimate of drug-likeness (QED) is 0.708. The summed E-state index contributed by atoms with van der Waals surface area (Å²) in [4.78, 5) is 4.35. The third kappa shape index (κ3) is 2.14. The lowest BCUT2D eigenvalue weighted by molar-refractivity contribution is 1.28. The smallest absolute Gasteiger partial charge is 0.106 e. The first kappa shape index (κ1) is 9.69. The first-order valence-corrected chi connectivity index (χ1v) is 5.31. The van der Waals surface area contributed by atoms with E-state index >= 15 is 0 Å². The Hall–Kier alpha value is -0.860. The van der Waals surface area contributed by atoms with Crippen molar-refractivity contribution in [3.63, 3.8) is 0 Å². The van der Waals surface area contributed by atoms with Gasteiger partial charge in [-0.3, -0.25) is 0 Å². The molecule has 0 amide bonds. The molecule has 2 rings (SSSR count). The summed E-state index contributed by atoms with van der Waals surface area (Å²) in [6.45, 7) is 0. The Morgan fingerprint density at radius 1 is 1.00 bits per heavy atom. The monoisotopic (exact) mass is 267 g/mol. The SMILES string of the molecule is Clc1ccc(-c2cccc(Br)n2)cc1. The lowest BCUT2D eigenvalue weighted by Crippen LogP contribution is -1.82. The maximum atomic E-state index is 5.80. The summed E-state index contributed by atoms with van der Waals surface area (Å²) in [7, 11) is 0. The molecule has 0 aliphatic carbocycles. The highest BCUT2D eigenvalue weighted by atomic mass is 79.9. The summed E-state index contributed by atoms with van der Waals surface area (Å²) in [5.41, 5.74) is 2.01. The van der Waals surface area contributed by atoms with Crippen LogP contribution in [0.15, 0.2) is 47.1 Å². The van der Waals surface area contributed by atoms with Crippen LogP contribution in [0, 0.1) is 0 Å². The molecule has 0 aliphatic rings. The number of pyridine rings is 1. The molecule has 0 N–H and O–H groups in total. The average molecular weight is 269 g/mol. The topological polar surface area (TPSA) is 12.9 Å². The van der Waals surface area contributed by atoms with Crippen molar-refractivity contribution in [2.45, 2.75) is 0 Å². The van der Waals surface area contributed by atoms with Crippen LogP contribution in [0.3, 0.4) is 0 Å². The van der Waals surface area contributed by atoms with Gasteiger partial charge in [0.25, 0.3) is 0 Å². The molecular weight excluding hydrogens is 261 g/mol. The Labute approximate surface area is 95.9 Å². The molecule has 2 aromatic rings. The third-order valence-electron chi connectivity index (χ3n) is 1.86. The molecule has 0 fully saturated rings. The number of halogens is 2. The van der Waals surface area contributed by atoms with Gasteiger partial charge in [-0.25, -0.2) is 4.98 Å². The van der Waals surface area contributed by atoms with Crippen molar-refractivity contribution in [2.75, 3.05) is 0 Å². The minimum atomic E-state index is 0.740. The average Bonchev–Trinajstić information content (AvgIpc) is 2.19. The van der Waals surface area contributed by atoms with Gasteiger partial charge in [-0.05, 0) is 40.2 Å². The zero-order chi connectivity index (χ0) is 9.97. The van der Waals surface area contributed by atoms with Crippen LogP contribution in [0.5, 0.6) is 0 Å². The van der Waals surface area contributed by atoms with E-state index in [-0.39, 0.29) is 0 Å². The Balaban J connectivity index is 2.44. The van der Waals surface area contributed by atoms with Gasteiger partial charge in [-0.2, -0.15) is 0 Å². The lowest BCUT2D eigenvalue weighted by Gasteiger charge is -2.00. The van der Waals surface area contributed by atoms with Gasteiger partial charge in [0.1, 0.15) is 4.60 Å². The maximum absolute atomic E-state index is 5.80. The van der Waals surface area contributed by atoms with Crippen molar-refractivity contribution in [3.05, 3.63) is 52.1 Å². The number of rotatable bonds is 1. The first-order chi connectivity index (χ1) is 6.75. The van der Waals surface area contributed by atoms with E-state index in [1.807, 2.05) is 42.5 Å². The van der Waals surface area contributed by atoms with Crippen LogP contribution in [0.2, 0.25) is 5.02 Å². The van der Waals surface area contributed by atoms with Gasteiger partial charge in [-0.15, -0.1) is 0 Å². The predicted molar refractivity (Wildman–Crippen MR) is 62.4 cm³/mol. The first-order valence-electron chi connectivity index (χ1n) is 4.14. The van der Waals surface area contributed by atoms with E-state index in [2.05, 4.69) is 20.9 Å². The number of nitrogens with zero attached hydrogens (tertiary/aromatic N) is 1.